The van der Waals surface area contributed by atoms with E-state index in [9.17, 15) is 18.8 Å². The number of likely N-dealkylation sites (tertiary alicyclic amines) is 1. The fourth-order valence-electron chi connectivity index (χ4n) is 4.29. The van der Waals surface area contributed by atoms with E-state index in [4.69, 9.17) is 0 Å². The van der Waals surface area contributed by atoms with Gasteiger partial charge in [0.25, 0.3) is 5.91 Å². The van der Waals surface area contributed by atoms with Crippen molar-refractivity contribution in [3.05, 3.63) is 29.6 Å². The molecule has 2 fully saturated rings. The van der Waals surface area contributed by atoms with E-state index in [1.54, 1.807) is 4.90 Å². The van der Waals surface area contributed by atoms with Gasteiger partial charge in [-0.3, -0.25) is 14.4 Å². The molecule has 3 heterocycles. The molecule has 4 rings (SSSR count). The highest BCUT2D eigenvalue weighted by molar-refractivity contribution is 6.12. The minimum absolute atomic E-state index is 0.108. The third-order valence-corrected chi connectivity index (χ3v) is 5.97. The first kappa shape index (κ1) is 17.9. The highest BCUT2D eigenvalue weighted by Gasteiger charge is 2.43. The normalized spacial score (nSPS) is 23.3. The molecule has 0 saturated carbocycles. The van der Waals surface area contributed by atoms with Crippen LogP contribution in [0.2, 0.25) is 0 Å². The molecule has 27 heavy (non-hydrogen) atoms. The molecule has 0 bridgehead atoms. The molecule has 0 N–H and O–H groups in total. The maximum absolute atomic E-state index is 13.8. The zero-order valence-electron chi connectivity index (χ0n) is 15.5. The highest BCUT2D eigenvalue weighted by Crippen LogP contribution is 2.33. The molecular weight excluding hydrogens is 349 g/mol. The van der Waals surface area contributed by atoms with Crippen molar-refractivity contribution in [2.24, 2.45) is 5.92 Å². The summed E-state index contributed by atoms with van der Waals surface area (Å²) in [5.41, 5.74) is 0.493. The number of halogens is 1. The first-order chi connectivity index (χ1) is 13.0. The Morgan fingerprint density at radius 2 is 1.89 bits per heavy atom. The van der Waals surface area contributed by atoms with E-state index in [1.807, 2.05) is 0 Å². The van der Waals surface area contributed by atoms with Crippen LogP contribution >= 0.6 is 0 Å². The summed E-state index contributed by atoms with van der Waals surface area (Å²) >= 11 is 0. The number of rotatable bonds is 2. The van der Waals surface area contributed by atoms with Crippen molar-refractivity contribution in [2.45, 2.75) is 38.6 Å². The number of hydrogen-bond acceptors (Lipinski definition) is 3. The topological polar surface area (TPSA) is 60.9 Å². The molecule has 0 unspecified atom stereocenters. The number of hydrogen-bond donors (Lipinski definition) is 0. The van der Waals surface area contributed by atoms with Gasteiger partial charge in [-0.25, -0.2) is 4.39 Å². The van der Waals surface area contributed by atoms with E-state index >= 15 is 0 Å². The second-order valence-corrected chi connectivity index (χ2v) is 7.81. The van der Waals surface area contributed by atoms with Crippen LogP contribution in [0, 0.1) is 11.7 Å². The Labute approximate surface area is 157 Å². The average Bonchev–Trinajstić information content (AvgIpc) is 3.13. The van der Waals surface area contributed by atoms with Gasteiger partial charge in [0.2, 0.25) is 11.8 Å². The summed E-state index contributed by atoms with van der Waals surface area (Å²) in [6.45, 7) is 3.92. The van der Waals surface area contributed by atoms with Crippen molar-refractivity contribution in [2.75, 3.05) is 31.1 Å². The van der Waals surface area contributed by atoms with Gasteiger partial charge in [0.15, 0.2) is 0 Å². The summed E-state index contributed by atoms with van der Waals surface area (Å²) in [5.74, 6) is -0.623. The highest BCUT2D eigenvalue weighted by atomic mass is 19.1. The van der Waals surface area contributed by atoms with E-state index in [0.29, 0.717) is 37.7 Å². The Hall–Kier alpha value is -2.44. The van der Waals surface area contributed by atoms with Gasteiger partial charge >= 0.3 is 0 Å². The van der Waals surface area contributed by atoms with Gasteiger partial charge in [-0.1, -0.05) is 6.92 Å². The van der Waals surface area contributed by atoms with Crippen LogP contribution in [0.15, 0.2) is 18.2 Å². The SMILES string of the molecule is CC1CCN(C(=O)CN2C(=O)[C@@H]3CCCN3C(=O)c3cc(F)ccc32)CC1. The van der Waals surface area contributed by atoms with Gasteiger partial charge in [0, 0.05) is 19.6 Å². The van der Waals surface area contributed by atoms with Crippen molar-refractivity contribution in [1.29, 1.82) is 0 Å². The van der Waals surface area contributed by atoms with Crippen LogP contribution in [0.3, 0.4) is 0 Å². The molecule has 6 nitrogen and oxygen atoms in total. The van der Waals surface area contributed by atoms with Crippen molar-refractivity contribution >= 4 is 23.4 Å². The Morgan fingerprint density at radius 1 is 1.15 bits per heavy atom. The lowest BCUT2D eigenvalue weighted by atomic mass is 9.99. The molecule has 1 aromatic carbocycles. The first-order valence-corrected chi connectivity index (χ1v) is 9.65. The number of benzene rings is 1. The van der Waals surface area contributed by atoms with Crippen LogP contribution in [0.4, 0.5) is 10.1 Å². The molecule has 1 atom stereocenters. The third-order valence-electron chi connectivity index (χ3n) is 5.97. The van der Waals surface area contributed by atoms with Crippen molar-refractivity contribution in [3.8, 4) is 0 Å². The molecule has 144 valence electrons. The fraction of sp³-hybridized carbons (Fsp3) is 0.550. The van der Waals surface area contributed by atoms with Crippen LogP contribution in [-0.2, 0) is 9.59 Å². The Bertz CT molecular complexity index is 789. The lowest BCUT2D eigenvalue weighted by Gasteiger charge is -2.33. The zero-order chi connectivity index (χ0) is 19.1. The van der Waals surface area contributed by atoms with E-state index in [2.05, 4.69) is 6.92 Å². The van der Waals surface area contributed by atoms with Crippen molar-refractivity contribution < 1.29 is 18.8 Å². The molecule has 1 aromatic rings. The first-order valence-electron chi connectivity index (χ1n) is 9.65. The Morgan fingerprint density at radius 3 is 2.63 bits per heavy atom. The lowest BCUT2D eigenvalue weighted by Crippen LogP contribution is -2.49. The van der Waals surface area contributed by atoms with E-state index in [-0.39, 0.29) is 29.8 Å². The van der Waals surface area contributed by atoms with Crippen LogP contribution in [0.1, 0.15) is 43.0 Å². The predicted molar refractivity (Wildman–Crippen MR) is 97.8 cm³/mol. The lowest BCUT2D eigenvalue weighted by molar-refractivity contribution is -0.133. The quantitative estimate of drug-likeness (QED) is 0.797. The van der Waals surface area contributed by atoms with Crippen LogP contribution < -0.4 is 4.90 Å². The average molecular weight is 373 g/mol. The van der Waals surface area contributed by atoms with E-state index < -0.39 is 11.9 Å². The van der Waals surface area contributed by atoms with Gasteiger partial charge in [0.1, 0.15) is 18.4 Å². The third kappa shape index (κ3) is 3.19. The van der Waals surface area contributed by atoms with E-state index in [0.717, 1.165) is 19.3 Å². The Kier molecular flexibility index (Phi) is 4.61. The molecule has 0 radical (unpaired) electrons. The summed E-state index contributed by atoms with van der Waals surface area (Å²) in [5, 5.41) is 0. The Balaban J connectivity index is 1.66. The molecule has 0 aromatic heterocycles. The van der Waals surface area contributed by atoms with Crippen LogP contribution in [0.25, 0.3) is 0 Å². The van der Waals surface area contributed by atoms with Gasteiger partial charge in [-0.2, -0.15) is 0 Å². The maximum Gasteiger partial charge on any atom is 0.256 e. The molecule has 7 heteroatoms. The number of amides is 3. The fourth-order valence-corrected chi connectivity index (χ4v) is 4.29. The minimum atomic E-state index is -0.567. The van der Waals surface area contributed by atoms with Crippen molar-refractivity contribution in [1.82, 2.24) is 9.80 Å². The molecule has 0 spiro atoms. The minimum Gasteiger partial charge on any atom is -0.341 e. The second-order valence-electron chi connectivity index (χ2n) is 7.81. The number of carbonyl (C=O) groups is 3. The zero-order valence-corrected chi connectivity index (χ0v) is 15.5. The largest absolute Gasteiger partial charge is 0.341 e. The molecule has 3 amide bonds. The smallest absolute Gasteiger partial charge is 0.256 e. The predicted octanol–water partition coefficient (Wildman–Crippen LogP) is 2.04. The number of nitrogens with zero attached hydrogens (tertiary/aromatic N) is 3. The maximum atomic E-state index is 13.8. The van der Waals surface area contributed by atoms with Gasteiger partial charge in [-0.15, -0.1) is 0 Å². The summed E-state index contributed by atoms with van der Waals surface area (Å²) in [4.78, 5) is 43.6. The molecular formula is C20H24FN3O3. The molecule has 0 aliphatic carbocycles. The summed E-state index contributed by atoms with van der Waals surface area (Å²) in [6.07, 6.45) is 3.22. The number of carbonyl (C=O) groups excluding carboxylic acids is 3. The monoisotopic (exact) mass is 373 g/mol. The number of piperidine rings is 1. The number of fused-ring (bicyclic) bond motifs is 2. The summed E-state index contributed by atoms with van der Waals surface area (Å²) in [6, 6.07) is 3.28. The summed E-state index contributed by atoms with van der Waals surface area (Å²) in [7, 11) is 0. The van der Waals surface area contributed by atoms with E-state index in [1.165, 1.54) is 28.0 Å². The molecule has 2 saturated heterocycles. The second kappa shape index (κ2) is 6.94. The van der Waals surface area contributed by atoms with Crippen LogP contribution in [0.5, 0.6) is 0 Å². The van der Waals surface area contributed by atoms with Crippen molar-refractivity contribution in [3.63, 3.8) is 0 Å². The van der Waals surface area contributed by atoms with Gasteiger partial charge in [-0.05, 0) is 49.8 Å². The molecule has 3 aliphatic heterocycles. The van der Waals surface area contributed by atoms with Crippen LogP contribution in [-0.4, -0.2) is 59.7 Å². The summed E-state index contributed by atoms with van der Waals surface area (Å²) < 4.78 is 13.8. The van der Waals surface area contributed by atoms with Gasteiger partial charge < -0.3 is 14.7 Å². The molecule has 3 aliphatic rings. The number of anilines is 1. The standard InChI is InChI=1S/C20H24FN3O3/c1-13-6-9-22(10-7-13)18(25)12-24-16-5-4-14(21)11-15(16)19(26)23-8-2-3-17(23)20(24)27/h4-5,11,13,17H,2-3,6-10,12H2,1H3/t17-/m0/s1. The van der Waals surface area contributed by atoms with Gasteiger partial charge in [0.05, 0.1) is 11.3 Å².